The van der Waals surface area contributed by atoms with Gasteiger partial charge in [-0.1, -0.05) is 13.0 Å². The number of nitrogens with zero attached hydrogens (tertiary/aromatic N) is 3. The highest BCUT2D eigenvalue weighted by molar-refractivity contribution is 9.10. The summed E-state index contributed by atoms with van der Waals surface area (Å²) in [7, 11) is 0. The van der Waals surface area contributed by atoms with Crippen molar-refractivity contribution in [3.63, 3.8) is 0 Å². The summed E-state index contributed by atoms with van der Waals surface area (Å²) in [6.45, 7) is 9.01. The molecule has 1 aromatic rings. The first-order chi connectivity index (χ1) is 8.20. The Hall–Kier alpha value is -0.610. The first-order valence-electron chi connectivity index (χ1n) is 6.32. The highest BCUT2D eigenvalue weighted by Crippen LogP contribution is 2.17. The Bertz CT molecular complexity index is 361. The molecule has 1 aliphatic rings. The van der Waals surface area contributed by atoms with Crippen LogP contribution in [-0.4, -0.2) is 42.1 Å². The van der Waals surface area contributed by atoms with Crippen molar-refractivity contribution in [2.45, 2.75) is 26.3 Å². The Labute approximate surface area is 112 Å². The highest BCUT2D eigenvalue weighted by Gasteiger charge is 2.20. The van der Waals surface area contributed by atoms with E-state index in [0.717, 1.165) is 36.6 Å². The van der Waals surface area contributed by atoms with Gasteiger partial charge in [0.2, 0.25) is 0 Å². The molecule has 0 radical (unpaired) electrons. The molecule has 94 valence electrons. The monoisotopic (exact) mass is 297 g/mol. The third-order valence-electron chi connectivity index (χ3n) is 3.55. The minimum atomic E-state index is 0.701. The van der Waals surface area contributed by atoms with Gasteiger partial charge in [0.15, 0.2) is 0 Å². The van der Waals surface area contributed by atoms with E-state index in [1.54, 1.807) is 0 Å². The molecule has 0 saturated carbocycles. The summed E-state index contributed by atoms with van der Waals surface area (Å²) >= 11 is 3.43. The van der Waals surface area contributed by atoms with Crippen LogP contribution in [0.3, 0.4) is 0 Å². The fraction of sp³-hybridized carbons (Fsp3) is 0.615. The lowest BCUT2D eigenvalue weighted by Crippen LogP contribution is -2.49. The van der Waals surface area contributed by atoms with Crippen molar-refractivity contribution in [3.8, 4) is 0 Å². The Morgan fingerprint density at radius 2 is 2.00 bits per heavy atom. The van der Waals surface area contributed by atoms with E-state index in [1.165, 1.54) is 6.42 Å². The molecule has 1 saturated heterocycles. The molecule has 2 rings (SSSR count). The molecule has 4 heteroatoms. The van der Waals surface area contributed by atoms with Gasteiger partial charge in [-0.05, 0) is 41.4 Å². The molecule has 0 bridgehead atoms. The number of aromatic nitrogens is 1. The molecule has 1 aliphatic heterocycles. The minimum absolute atomic E-state index is 0.701. The molecule has 0 spiro atoms. The summed E-state index contributed by atoms with van der Waals surface area (Å²) in [6, 6.07) is 6.81. The molecule has 1 atom stereocenters. The van der Waals surface area contributed by atoms with Crippen molar-refractivity contribution in [2.24, 2.45) is 0 Å². The minimum Gasteiger partial charge on any atom is -0.354 e. The van der Waals surface area contributed by atoms with E-state index >= 15 is 0 Å². The summed E-state index contributed by atoms with van der Waals surface area (Å²) in [5, 5.41) is 0. The summed E-state index contributed by atoms with van der Waals surface area (Å²) in [4.78, 5) is 9.44. The van der Waals surface area contributed by atoms with Crippen molar-refractivity contribution >= 4 is 21.7 Å². The van der Waals surface area contributed by atoms with Crippen LogP contribution in [0, 0.1) is 0 Å². The number of rotatable bonds is 3. The highest BCUT2D eigenvalue weighted by atomic mass is 79.9. The first-order valence-corrected chi connectivity index (χ1v) is 7.11. The van der Waals surface area contributed by atoms with Crippen LogP contribution in [0.25, 0.3) is 0 Å². The number of halogens is 1. The van der Waals surface area contributed by atoms with Crippen molar-refractivity contribution < 1.29 is 0 Å². The zero-order valence-corrected chi connectivity index (χ0v) is 12.2. The van der Waals surface area contributed by atoms with Crippen LogP contribution < -0.4 is 4.90 Å². The smallest absolute Gasteiger partial charge is 0.129 e. The SMILES string of the molecule is CCC(C)N1CCN(c2cccc(Br)n2)CC1. The maximum atomic E-state index is 4.51. The lowest BCUT2D eigenvalue weighted by atomic mass is 10.2. The second-order valence-electron chi connectivity index (χ2n) is 4.60. The van der Waals surface area contributed by atoms with Crippen molar-refractivity contribution in [1.29, 1.82) is 0 Å². The van der Waals surface area contributed by atoms with Gasteiger partial charge >= 0.3 is 0 Å². The fourth-order valence-corrected chi connectivity index (χ4v) is 2.56. The number of piperazine rings is 1. The molecule has 0 aromatic carbocycles. The first kappa shape index (κ1) is 12.8. The van der Waals surface area contributed by atoms with Gasteiger partial charge in [0.25, 0.3) is 0 Å². The summed E-state index contributed by atoms with van der Waals surface area (Å²) in [5.74, 6) is 1.09. The Kier molecular flexibility index (Phi) is 4.40. The average molecular weight is 298 g/mol. The lowest BCUT2D eigenvalue weighted by Gasteiger charge is -2.38. The van der Waals surface area contributed by atoms with Crippen molar-refractivity contribution in [2.75, 3.05) is 31.1 Å². The number of hydrogen-bond donors (Lipinski definition) is 0. The van der Waals surface area contributed by atoms with Gasteiger partial charge in [0.1, 0.15) is 10.4 Å². The molecule has 1 fully saturated rings. The van der Waals surface area contributed by atoms with E-state index in [-0.39, 0.29) is 0 Å². The molecular weight excluding hydrogens is 278 g/mol. The number of anilines is 1. The second-order valence-corrected chi connectivity index (χ2v) is 5.41. The topological polar surface area (TPSA) is 19.4 Å². The van der Waals surface area contributed by atoms with E-state index in [4.69, 9.17) is 0 Å². The van der Waals surface area contributed by atoms with Crippen LogP contribution in [0.4, 0.5) is 5.82 Å². The van der Waals surface area contributed by atoms with Crippen LogP contribution in [0.15, 0.2) is 22.8 Å². The standard InChI is InChI=1S/C13H20BrN3/c1-3-11(2)16-7-9-17(10-8-16)13-6-4-5-12(14)15-13/h4-6,11H,3,7-10H2,1-2H3. The lowest BCUT2D eigenvalue weighted by molar-refractivity contribution is 0.192. The van der Waals surface area contributed by atoms with Crippen LogP contribution in [-0.2, 0) is 0 Å². The number of hydrogen-bond acceptors (Lipinski definition) is 3. The molecule has 1 unspecified atom stereocenters. The van der Waals surface area contributed by atoms with Gasteiger partial charge in [-0.25, -0.2) is 4.98 Å². The Morgan fingerprint density at radius 3 is 2.59 bits per heavy atom. The molecule has 2 heterocycles. The molecule has 0 N–H and O–H groups in total. The summed E-state index contributed by atoms with van der Waals surface area (Å²) < 4.78 is 0.916. The predicted octanol–water partition coefficient (Wildman–Crippen LogP) is 2.76. The molecule has 1 aromatic heterocycles. The Balaban J connectivity index is 1.95. The second kappa shape index (κ2) is 5.83. The van der Waals surface area contributed by atoms with E-state index in [9.17, 15) is 0 Å². The summed E-state index contributed by atoms with van der Waals surface area (Å²) in [6.07, 6.45) is 1.23. The van der Waals surface area contributed by atoms with Gasteiger partial charge in [-0.3, -0.25) is 4.90 Å². The maximum absolute atomic E-state index is 4.51. The third kappa shape index (κ3) is 3.19. The van der Waals surface area contributed by atoms with E-state index < -0.39 is 0 Å². The maximum Gasteiger partial charge on any atom is 0.129 e. The fourth-order valence-electron chi connectivity index (χ4n) is 2.22. The quantitative estimate of drug-likeness (QED) is 0.800. The summed E-state index contributed by atoms with van der Waals surface area (Å²) in [5.41, 5.74) is 0. The van der Waals surface area contributed by atoms with Crippen molar-refractivity contribution in [1.82, 2.24) is 9.88 Å². The van der Waals surface area contributed by atoms with Gasteiger partial charge in [0.05, 0.1) is 0 Å². The zero-order chi connectivity index (χ0) is 12.3. The van der Waals surface area contributed by atoms with Crippen LogP contribution in [0.5, 0.6) is 0 Å². The normalized spacial score (nSPS) is 19.4. The number of pyridine rings is 1. The van der Waals surface area contributed by atoms with Crippen molar-refractivity contribution in [3.05, 3.63) is 22.8 Å². The zero-order valence-electron chi connectivity index (χ0n) is 10.6. The van der Waals surface area contributed by atoms with Gasteiger partial charge in [0, 0.05) is 32.2 Å². The predicted molar refractivity (Wildman–Crippen MR) is 75.5 cm³/mol. The van der Waals surface area contributed by atoms with Crippen LogP contribution >= 0.6 is 15.9 Å². The Morgan fingerprint density at radius 1 is 1.29 bits per heavy atom. The molecule has 17 heavy (non-hydrogen) atoms. The molecule has 0 amide bonds. The van der Waals surface area contributed by atoms with E-state index in [1.807, 2.05) is 12.1 Å². The van der Waals surface area contributed by atoms with Gasteiger partial charge in [-0.15, -0.1) is 0 Å². The van der Waals surface area contributed by atoms with Gasteiger partial charge < -0.3 is 4.90 Å². The molecule has 3 nitrogen and oxygen atoms in total. The largest absolute Gasteiger partial charge is 0.354 e. The average Bonchev–Trinajstić information content (AvgIpc) is 2.38. The third-order valence-corrected chi connectivity index (χ3v) is 3.99. The van der Waals surface area contributed by atoms with E-state index in [0.29, 0.717) is 6.04 Å². The molecule has 0 aliphatic carbocycles. The molecular formula is C13H20BrN3. The van der Waals surface area contributed by atoms with E-state index in [2.05, 4.69) is 50.6 Å². The van der Waals surface area contributed by atoms with Crippen LogP contribution in [0.1, 0.15) is 20.3 Å². The van der Waals surface area contributed by atoms with Crippen LogP contribution in [0.2, 0.25) is 0 Å². The van der Waals surface area contributed by atoms with Gasteiger partial charge in [-0.2, -0.15) is 0 Å².